The molecule has 0 spiro atoms. The van der Waals surface area contributed by atoms with E-state index in [4.69, 9.17) is 40.2 Å². The molecule has 0 aromatic heterocycles. The molecule has 140 valence electrons. The quantitative estimate of drug-likeness (QED) is 0.571. The van der Waals surface area contributed by atoms with Gasteiger partial charge in [-0.05, 0) is 61.6 Å². The van der Waals surface area contributed by atoms with Crippen molar-refractivity contribution in [3.8, 4) is 11.5 Å². The van der Waals surface area contributed by atoms with Gasteiger partial charge >= 0.3 is 0 Å². The maximum absolute atomic E-state index is 13.0. The third kappa shape index (κ3) is 3.74. The van der Waals surface area contributed by atoms with E-state index in [0.717, 1.165) is 0 Å². The Kier molecular flexibility index (Phi) is 5.60. The summed E-state index contributed by atoms with van der Waals surface area (Å²) in [6.45, 7) is 2.46. The highest BCUT2D eigenvalue weighted by atomic mass is 35.5. The second-order valence-corrected chi connectivity index (χ2v) is 6.97. The Balaban J connectivity index is 1.98. The highest BCUT2D eigenvalue weighted by molar-refractivity contribution is 7.80. The zero-order valence-corrected chi connectivity index (χ0v) is 16.9. The molecule has 2 aromatic carbocycles. The summed E-state index contributed by atoms with van der Waals surface area (Å²) in [7, 11) is 1.68. The summed E-state index contributed by atoms with van der Waals surface area (Å²) >= 11 is 17.4. The fourth-order valence-corrected chi connectivity index (χ4v) is 3.48. The Morgan fingerprint density at radius 1 is 1.22 bits per heavy atom. The van der Waals surface area contributed by atoms with Crippen LogP contribution >= 0.6 is 35.4 Å². The minimum atomic E-state index is -0.317. The van der Waals surface area contributed by atoms with E-state index in [1.807, 2.05) is 6.92 Å². The van der Waals surface area contributed by atoms with E-state index in [1.54, 1.807) is 36.2 Å². The molecular formula is C19H16Cl2N2O3S. The van der Waals surface area contributed by atoms with E-state index < -0.39 is 0 Å². The fraction of sp³-hybridized carbons (Fsp3) is 0.158. The summed E-state index contributed by atoms with van der Waals surface area (Å²) in [5, 5.41) is 10.9. The van der Waals surface area contributed by atoms with Gasteiger partial charge in [-0.15, -0.1) is 0 Å². The van der Waals surface area contributed by atoms with Crippen molar-refractivity contribution in [3.63, 3.8) is 0 Å². The maximum Gasteiger partial charge on any atom is 0.281 e. The molecule has 0 radical (unpaired) electrons. The predicted octanol–water partition coefficient (Wildman–Crippen LogP) is 4.70. The lowest BCUT2D eigenvalue weighted by atomic mass is 10.1. The van der Waals surface area contributed by atoms with Gasteiger partial charge in [0.2, 0.25) is 0 Å². The molecule has 1 saturated heterocycles. The van der Waals surface area contributed by atoms with Crippen molar-refractivity contribution in [1.82, 2.24) is 4.90 Å². The molecule has 0 aliphatic carbocycles. The van der Waals surface area contributed by atoms with Crippen LogP contribution < -0.4 is 9.64 Å². The van der Waals surface area contributed by atoms with Crippen LogP contribution in [0.1, 0.15) is 12.5 Å². The molecule has 1 amide bonds. The first-order chi connectivity index (χ1) is 12.8. The number of amides is 1. The number of anilines is 1. The molecule has 0 saturated carbocycles. The van der Waals surface area contributed by atoms with Crippen molar-refractivity contribution in [3.05, 3.63) is 57.7 Å². The Labute approximate surface area is 172 Å². The standard InChI is InChI=1S/C19H16Cl2N2O3S/c1-3-26-14-6-4-13(5-7-14)23-18(25)16(22(2)19(23)27)9-11-8-12(20)10-15(21)17(11)24/h4-10,24H,3H2,1-2H3/b16-9-. The van der Waals surface area contributed by atoms with Gasteiger partial charge in [-0.1, -0.05) is 23.2 Å². The molecule has 5 nitrogen and oxygen atoms in total. The van der Waals surface area contributed by atoms with Crippen LogP contribution in [0.25, 0.3) is 6.08 Å². The number of thiocarbonyl (C=S) groups is 1. The van der Waals surface area contributed by atoms with Gasteiger partial charge in [-0.3, -0.25) is 9.69 Å². The third-order valence-electron chi connectivity index (χ3n) is 4.02. The first-order valence-corrected chi connectivity index (χ1v) is 9.24. The molecule has 1 aliphatic heterocycles. The molecule has 1 heterocycles. The van der Waals surface area contributed by atoms with Gasteiger partial charge in [0.1, 0.15) is 17.2 Å². The molecule has 0 unspecified atom stereocenters. The Morgan fingerprint density at radius 3 is 2.52 bits per heavy atom. The molecule has 2 aromatic rings. The van der Waals surface area contributed by atoms with Crippen LogP contribution in [-0.2, 0) is 4.79 Å². The van der Waals surface area contributed by atoms with Gasteiger partial charge in [-0.2, -0.15) is 0 Å². The Bertz CT molecular complexity index is 945. The lowest BCUT2D eigenvalue weighted by Gasteiger charge is -2.16. The lowest BCUT2D eigenvalue weighted by Crippen LogP contribution is -2.31. The van der Waals surface area contributed by atoms with E-state index in [2.05, 4.69) is 0 Å². The Hall–Kier alpha value is -2.28. The van der Waals surface area contributed by atoms with Crippen molar-refractivity contribution < 1.29 is 14.6 Å². The number of nitrogens with zero attached hydrogens (tertiary/aromatic N) is 2. The van der Waals surface area contributed by atoms with Gasteiger partial charge in [0, 0.05) is 17.6 Å². The van der Waals surface area contributed by atoms with Crippen LogP contribution in [0.5, 0.6) is 11.5 Å². The first kappa shape index (κ1) is 19.5. The van der Waals surface area contributed by atoms with E-state index in [9.17, 15) is 9.90 Å². The van der Waals surface area contributed by atoms with Gasteiger partial charge in [0.15, 0.2) is 5.11 Å². The maximum atomic E-state index is 13.0. The van der Waals surface area contributed by atoms with Crippen molar-refractivity contribution in [2.45, 2.75) is 6.92 Å². The SMILES string of the molecule is CCOc1ccc(N2C(=O)/C(=C/c3cc(Cl)cc(Cl)c3O)N(C)C2=S)cc1. The van der Waals surface area contributed by atoms with Crippen LogP contribution in [0, 0.1) is 0 Å². The normalized spacial score (nSPS) is 15.8. The summed E-state index contributed by atoms with van der Waals surface area (Å²) in [6.07, 6.45) is 1.51. The minimum Gasteiger partial charge on any atom is -0.506 e. The van der Waals surface area contributed by atoms with Crippen molar-refractivity contribution in [2.24, 2.45) is 0 Å². The molecule has 8 heteroatoms. The second kappa shape index (κ2) is 7.76. The van der Waals surface area contributed by atoms with E-state index in [1.165, 1.54) is 23.1 Å². The van der Waals surface area contributed by atoms with Crippen molar-refractivity contribution >= 4 is 58.2 Å². The molecule has 1 aliphatic rings. The van der Waals surface area contributed by atoms with Crippen LogP contribution in [0.2, 0.25) is 10.0 Å². The number of ether oxygens (including phenoxy) is 1. The van der Waals surface area contributed by atoms with E-state index in [0.29, 0.717) is 39.4 Å². The summed E-state index contributed by atoms with van der Waals surface area (Å²) in [6, 6.07) is 10.0. The smallest absolute Gasteiger partial charge is 0.281 e. The fourth-order valence-electron chi connectivity index (χ4n) is 2.69. The van der Waals surface area contributed by atoms with Crippen LogP contribution in [0.4, 0.5) is 5.69 Å². The van der Waals surface area contributed by atoms with E-state index in [-0.39, 0.29) is 16.7 Å². The molecular weight excluding hydrogens is 407 g/mol. The Morgan fingerprint density at radius 2 is 1.89 bits per heavy atom. The molecule has 1 fully saturated rings. The number of hydrogen-bond acceptors (Lipinski definition) is 4. The third-order valence-corrected chi connectivity index (χ3v) is 4.98. The largest absolute Gasteiger partial charge is 0.506 e. The topological polar surface area (TPSA) is 53.0 Å². The minimum absolute atomic E-state index is 0.105. The highest BCUT2D eigenvalue weighted by Crippen LogP contribution is 2.35. The molecule has 3 rings (SSSR count). The number of phenolic OH excluding ortho intramolecular Hbond substituents is 1. The predicted molar refractivity (Wildman–Crippen MR) is 112 cm³/mol. The van der Waals surface area contributed by atoms with Crippen molar-refractivity contribution in [2.75, 3.05) is 18.6 Å². The molecule has 0 atom stereocenters. The van der Waals surface area contributed by atoms with Gasteiger partial charge < -0.3 is 14.7 Å². The first-order valence-electron chi connectivity index (χ1n) is 8.08. The number of likely N-dealkylation sites (N-methyl/N-ethyl adjacent to an activating group) is 1. The average molecular weight is 423 g/mol. The second-order valence-electron chi connectivity index (χ2n) is 5.76. The average Bonchev–Trinajstić information content (AvgIpc) is 2.84. The number of hydrogen-bond donors (Lipinski definition) is 1. The molecule has 1 N–H and O–H groups in total. The summed E-state index contributed by atoms with van der Waals surface area (Å²) in [5.74, 6) is 0.240. The van der Waals surface area contributed by atoms with Crippen LogP contribution in [-0.4, -0.2) is 34.7 Å². The number of carbonyl (C=O) groups excluding carboxylic acids is 1. The van der Waals surface area contributed by atoms with Gasteiger partial charge in [0.05, 0.1) is 17.3 Å². The number of phenols is 1. The number of rotatable bonds is 4. The molecule has 27 heavy (non-hydrogen) atoms. The van der Waals surface area contributed by atoms with Crippen LogP contribution in [0.3, 0.4) is 0 Å². The summed E-state index contributed by atoms with van der Waals surface area (Å²) < 4.78 is 5.42. The highest BCUT2D eigenvalue weighted by Gasteiger charge is 2.37. The molecule has 0 bridgehead atoms. The number of aromatic hydroxyl groups is 1. The summed E-state index contributed by atoms with van der Waals surface area (Å²) in [5.41, 5.74) is 1.25. The number of halogens is 2. The monoisotopic (exact) mass is 422 g/mol. The van der Waals surface area contributed by atoms with Gasteiger partial charge in [-0.25, -0.2) is 0 Å². The van der Waals surface area contributed by atoms with E-state index >= 15 is 0 Å². The summed E-state index contributed by atoms with van der Waals surface area (Å²) in [4.78, 5) is 16.0. The number of benzene rings is 2. The van der Waals surface area contributed by atoms with Gasteiger partial charge in [0.25, 0.3) is 5.91 Å². The number of carbonyl (C=O) groups is 1. The van der Waals surface area contributed by atoms with Crippen molar-refractivity contribution in [1.29, 1.82) is 0 Å². The van der Waals surface area contributed by atoms with Crippen LogP contribution in [0.15, 0.2) is 42.1 Å². The zero-order chi connectivity index (χ0) is 19.7. The lowest BCUT2D eigenvalue weighted by molar-refractivity contribution is -0.114. The zero-order valence-electron chi connectivity index (χ0n) is 14.6.